The number of nitrogens with zero attached hydrogens (tertiary/aromatic N) is 4. The molecule has 3 aromatic rings. The number of anilines is 1. The first-order valence-corrected chi connectivity index (χ1v) is 9.18. The van der Waals surface area contributed by atoms with Crippen LogP contribution in [0.5, 0.6) is 0 Å². The van der Waals surface area contributed by atoms with Crippen molar-refractivity contribution in [3.8, 4) is 22.5 Å². The standard InChI is InChI=1S/C21H25N5/c1-14(2)25-13-16-9-5-6-10-17(16)20-21(18-11-7-8-12-19(18)25)26(24-23-20)15(3)22-4/h5-12,14-15,22H,13H2,1-4H3. The minimum Gasteiger partial charge on any atom is -0.364 e. The van der Waals surface area contributed by atoms with Crippen LogP contribution in [0.25, 0.3) is 22.5 Å². The van der Waals surface area contributed by atoms with E-state index in [9.17, 15) is 0 Å². The van der Waals surface area contributed by atoms with Crippen LogP contribution < -0.4 is 10.2 Å². The van der Waals surface area contributed by atoms with Gasteiger partial charge in [0, 0.05) is 29.4 Å². The summed E-state index contributed by atoms with van der Waals surface area (Å²) in [5.41, 5.74) is 6.88. The SMILES string of the molecule is CNC(C)n1nnc2c1-c1ccccc1N(C(C)C)Cc1ccccc1-2. The lowest BCUT2D eigenvalue weighted by molar-refractivity contribution is 0.426. The first-order valence-electron chi connectivity index (χ1n) is 9.18. The zero-order valence-electron chi connectivity index (χ0n) is 15.8. The van der Waals surface area contributed by atoms with Gasteiger partial charge in [0.25, 0.3) is 0 Å². The Balaban J connectivity index is 2.07. The first-order chi connectivity index (χ1) is 12.6. The Kier molecular flexibility index (Phi) is 4.24. The van der Waals surface area contributed by atoms with Crippen LogP contribution in [0, 0.1) is 0 Å². The Bertz CT molecular complexity index is 928. The molecule has 0 fully saturated rings. The largest absolute Gasteiger partial charge is 0.364 e. The van der Waals surface area contributed by atoms with Gasteiger partial charge in [0.05, 0.1) is 0 Å². The monoisotopic (exact) mass is 347 g/mol. The van der Waals surface area contributed by atoms with Crippen molar-refractivity contribution in [1.82, 2.24) is 20.3 Å². The summed E-state index contributed by atoms with van der Waals surface area (Å²) >= 11 is 0. The Morgan fingerprint density at radius 3 is 2.38 bits per heavy atom. The predicted octanol–water partition coefficient (Wildman–Crippen LogP) is 4.08. The molecule has 0 saturated carbocycles. The molecule has 1 aliphatic rings. The smallest absolute Gasteiger partial charge is 0.121 e. The molecule has 0 saturated heterocycles. The fourth-order valence-electron chi connectivity index (χ4n) is 3.66. The van der Waals surface area contributed by atoms with Crippen molar-refractivity contribution < 1.29 is 0 Å². The predicted molar refractivity (Wildman–Crippen MR) is 106 cm³/mol. The lowest BCUT2D eigenvalue weighted by atomic mass is 9.95. The number of hydrogen-bond acceptors (Lipinski definition) is 4. The number of fused-ring (bicyclic) bond motifs is 5. The van der Waals surface area contributed by atoms with E-state index in [4.69, 9.17) is 0 Å². The molecule has 1 aliphatic heterocycles. The number of aromatic nitrogens is 3. The maximum atomic E-state index is 4.59. The maximum absolute atomic E-state index is 4.59. The molecular formula is C21H25N5. The normalized spacial score (nSPS) is 14.3. The molecular weight excluding hydrogens is 322 g/mol. The van der Waals surface area contributed by atoms with E-state index >= 15 is 0 Å². The van der Waals surface area contributed by atoms with Crippen LogP contribution in [0.1, 0.15) is 32.5 Å². The van der Waals surface area contributed by atoms with Crippen molar-refractivity contribution in [3.63, 3.8) is 0 Å². The third-order valence-electron chi connectivity index (χ3n) is 5.18. The zero-order valence-corrected chi connectivity index (χ0v) is 15.8. The van der Waals surface area contributed by atoms with Gasteiger partial charge in [-0.25, -0.2) is 4.68 Å². The molecule has 0 bridgehead atoms. The van der Waals surface area contributed by atoms with E-state index in [2.05, 4.69) is 89.8 Å². The van der Waals surface area contributed by atoms with E-state index in [0.717, 1.165) is 23.5 Å². The van der Waals surface area contributed by atoms with Gasteiger partial charge in [-0.2, -0.15) is 0 Å². The van der Waals surface area contributed by atoms with Crippen molar-refractivity contribution in [2.45, 2.75) is 39.5 Å². The van der Waals surface area contributed by atoms with Gasteiger partial charge in [-0.1, -0.05) is 47.7 Å². The fourth-order valence-corrected chi connectivity index (χ4v) is 3.66. The average Bonchev–Trinajstić information content (AvgIpc) is 3.08. The van der Waals surface area contributed by atoms with E-state index in [-0.39, 0.29) is 6.17 Å². The molecule has 2 heterocycles. The Morgan fingerprint density at radius 2 is 1.65 bits per heavy atom. The Morgan fingerprint density at radius 1 is 0.962 bits per heavy atom. The van der Waals surface area contributed by atoms with Crippen LogP contribution in [0.2, 0.25) is 0 Å². The van der Waals surface area contributed by atoms with Gasteiger partial charge in [-0.3, -0.25) is 5.32 Å². The maximum Gasteiger partial charge on any atom is 0.121 e. The average molecular weight is 347 g/mol. The second kappa shape index (κ2) is 6.57. The van der Waals surface area contributed by atoms with E-state index in [0.29, 0.717) is 6.04 Å². The number of para-hydroxylation sites is 1. The Labute approximate surface area is 154 Å². The van der Waals surface area contributed by atoms with Gasteiger partial charge in [-0.15, -0.1) is 5.10 Å². The van der Waals surface area contributed by atoms with Gasteiger partial charge in [0.15, 0.2) is 0 Å². The molecule has 0 amide bonds. The van der Waals surface area contributed by atoms with Gasteiger partial charge < -0.3 is 4.90 Å². The molecule has 0 aliphatic carbocycles. The highest BCUT2D eigenvalue weighted by molar-refractivity contribution is 5.88. The van der Waals surface area contributed by atoms with Crippen LogP contribution in [-0.2, 0) is 6.54 Å². The highest BCUT2D eigenvalue weighted by Gasteiger charge is 2.28. The molecule has 4 rings (SSSR count). The molecule has 5 heteroatoms. The summed E-state index contributed by atoms with van der Waals surface area (Å²) in [7, 11) is 1.95. The summed E-state index contributed by atoms with van der Waals surface area (Å²) in [5, 5.41) is 12.4. The highest BCUT2D eigenvalue weighted by atomic mass is 15.5. The fraction of sp³-hybridized carbons (Fsp3) is 0.333. The van der Waals surface area contributed by atoms with Crippen LogP contribution >= 0.6 is 0 Å². The van der Waals surface area contributed by atoms with E-state index in [1.807, 2.05) is 11.7 Å². The van der Waals surface area contributed by atoms with Gasteiger partial charge in [0.2, 0.25) is 0 Å². The molecule has 2 aromatic carbocycles. The van der Waals surface area contributed by atoms with E-state index < -0.39 is 0 Å². The van der Waals surface area contributed by atoms with E-state index in [1.165, 1.54) is 16.8 Å². The third-order valence-corrected chi connectivity index (χ3v) is 5.18. The second-order valence-corrected chi connectivity index (χ2v) is 7.09. The summed E-state index contributed by atoms with van der Waals surface area (Å²) in [5.74, 6) is 0. The molecule has 26 heavy (non-hydrogen) atoms. The quantitative estimate of drug-likeness (QED) is 0.775. The molecule has 0 radical (unpaired) electrons. The van der Waals surface area contributed by atoms with Crippen LogP contribution in [-0.4, -0.2) is 28.1 Å². The molecule has 1 aromatic heterocycles. The lowest BCUT2D eigenvalue weighted by Gasteiger charge is -2.33. The molecule has 1 N–H and O–H groups in total. The molecule has 1 unspecified atom stereocenters. The molecule has 1 atom stereocenters. The summed E-state index contributed by atoms with van der Waals surface area (Å²) in [6.45, 7) is 7.45. The minimum atomic E-state index is 0.0541. The van der Waals surface area contributed by atoms with Crippen molar-refractivity contribution in [3.05, 3.63) is 54.1 Å². The minimum absolute atomic E-state index is 0.0541. The van der Waals surface area contributed by atoms with Crippen molar-refractivity contribution in [1.29, 1.82) is 0 Å². The van der Waals surface area contributed by atoms with Gasteiger partial charge in [0.1, 0.15) is 17.6 Å². The lowest BCUT2D eigenvalue weighted by Crippen LogP contribution is -2.31. The van der Waals surface area contributed by atoms with E-state index in [1.54, 1.807) is 0 Å². The highest BCUT2D eigenvalue weighted by Crippen LogP contribution is 2.42. The molecule has 134 valence electrons. The van der Waals surface area contributed by atoms with Crippen molar-refractivity contribution in [2.75, 3.05) is 11.9 Å². The summed E-state index contributed by atoms with van der Waals surface area (Å²) in [6.07, 6.45) is 0.0541. The van der Waals surface area contributed by atoms with Gasteiger partial charge in [-0.05, 0) is 39.4 Å². The van der Waals surface area contributed by atoms with Crippen LogP contribution in [0.4, 0.5) is 5.69 Å². The van der Waals surface area contributed by atoms with Gasteiger partial charge >= 0.3 is 0 Å². The summed E-state index contributed by atoms with van der Waals surface area (Å²) in [4.78, 5) is 2.46. The first kappa shape index (κ1) is 16.8. The summed E-state index contributed by atoms with van der Waals surface area (Å²) in [6, 6.07) is 17.5. The summed E-state index contributed by atoms with van der Waals surface area (Å²) < 4.78 is 1.99. The van der Waals surface area contributed by atoms with Crippen molar-refractivity contribution >= 4 is 5.69 Å². The third kappa shape index (κ3) is 2.59. The Hall–Kier alpha value is -2.66. The molecule has 0 spiro atoms. The number of benzene rings is 2. The van der Waals surface area contributed by atoms with Crippen LogP contribution in [0.15, 0.2) is 48.5 Å². The second-order valence-electron chi connectivity index (χ2n) is 7.09. The molecule has 5 nitrogen and oxygen atoms in total. The number of nitrogens with one attached hydrogen (secondary N) is 1. The topological polar surface area (TPSA) is 46.0 Å². The van der Waals surface area contributed by atoms with Crippen molar-refractivity contribution in [2.24, 2.45) is 0 Å². The van der Waals surface area contributed by atoms with Crippen LogP contribution in [0.3, 0.4) is 0 Å². The zero-order chi connectivity index (χ0) is 18.3. The number of rotatable bonds is 3. The number of hydrogen-bond donors (Lipinski definition) is 1.